The summed E-state index contributed by atoms with van der Waals surface area (Å²) < 4.78 is 7.26. The van der Waals surface area contributed by atoms with E-state index in [0.29, 0.717) is 0 Å². The molecule has 1 aliphatic rings. The minimum atomic E-state index is 1.17. The van der Waals surface area contributed by atoms with Gasteiger partial charge in [0.05, 0.1) is 33.1 Å². The minimum Gasteiger partial charge on any atom is -0.355 e. The number of nitrogens with zero attached hydrogens (tertiary/aromatic N) is 3. The summed E-state index contributed by atoms with van der Waals surface area (Å²) >= 11 is 0. The van der Waals surface area contributed by atoms with Crippen molar-refractivity contribution in [2.24, 2.45) is 0 Å². The predicted molar refractivity (Wildman–Crippen MR) is 373 cm³/mol. The van der Waals surface area contributed by atoms with E-state index in [1.54, 1.807) is 0 Å². The molecule has 4 nitrogen and oxygen atoms in total. The van der Waals surface area contributed by atoms with Crippen LogP contribution in [0.4, 0.5) is 0 Å². The smallest absolute Gasteiger partial charge is 0.0547 e. The average Bonchev–Trinajstić information content (AvgIpc) is 1.74. The fraction of sp³-hybridized carbons (Fsp3) is 0. The molecule has 0 fully saturated rings. The second-order valence-electron chi connectivity index (χ2n) is 23.7. The van der Waals surface area contributed by atoms with Crippen LogP contribution in [0.25, 0.3) is 181 Å². The molecule has 408 valence electrons. The van der Waals surface area contributed by atoms with Gasteiger partial charge in [0.1, 0.15) is 0 Å². The molecule has 0 unspecified atom stereocenters. The first-order valence-corrected chi connectivity index (χ1v) is 30.4. The summed E-state index contributed by atoms with van der Waals surface area (Å²) in [5.74, 6) is 0. The van der Waals surface area contributed by atoms with Gasteiger partial charge >= 0.3 is 0 Å². The van der Waals surface area contributed by atoms with Gasteiger partial charge < -0.3 is 18.7 Å². The molecule has 19 aromatic rings. The Bertz CT molecular complexity index is 6110. The first-order valence-electron chi connectivity index (χ1n) is 30.4. The van der Waals surface area contributed by atoms with Crippen LogP contribution in [0, 0.1) is 0 Å². The van der Waals surface area contributed by atoms with Crippen molar-refractivity contribution < 1.29 is 0 Å². The number of rotatable bonds is 5. The molecule has 88 heavy (non-hydrogen) atoms. The molecule has 0 aliphatic heterocycles. The predicted octanol–water partition coefficient (Wildman–Crippen LogP) is 22.7. The number of benzene rings is 15. The highest BCUT2D eigenvalue weighted by atomic mass is 15.0. The average molecular weight is 1120 g/mol. The molecule has 0 saturated heterocycles. The standard InChI is InChI=1S/C50H30N2.C34H22N2/c1-2-14-36(15-3-1)51-48-24-22-34(28-43(48)44-26-31-11-4-5-12-32(31)29-49(44)51)33-21-23-47-42(27-33)40-18-8-9-20-46(40)52(47)37-25-35-13-10-19-41-38-16-6-7-17-39(38)45(30-37)50(35)41;1-2-10-26(11-3-1)36-33-17-15-25(20-29(33)30-19-22-8-4-5-9-23(22)21-34(30)36)24-14-16-32-28(18-24)27-12-6-7-13-31(27)35-32/h1-30H;1-21,35H. The summed E-state index contributed by atoms with van der Waals surface area (Å²) in [5.41, 5.74) is 23.4. The van der Waals surface area contributed by atoms with Gasteiger partial charge in [0, 0.05) is 71.2 Å². The topological polar surface area (TPSA) is 30.6 Å². The van der Waals surface area contributed by atoms with E-state index in [2.05, 4.69) is 328 Å². The van der Waals surface area contributed by atoms with Crippen LogP contribution in [-0.4, -0.2) is 18.7 Å². The Hall–Kier alpha value is -11.7. The van der Waals surface area contributed by atoms with E-state index in [1.165, 1.54) is 181 Å². The molecule has 0 saturated carbocycles. The minimum absolute atomic E-state index is 1.17. The highest BCUT2D eigenvalue weighted by Crippen LogP contribution is 2.49. The summed E-state index contributed by atoms with van der Waals surface area (Å²) in [6.07, 6.45) is 0. The number of para-hydroxylation sites is 4. The molecule has 15 aromatic carbocycles. The van der Waals surface area contributed by atoms with E-state index in [1.807, 2.05) is 0 Å². The number of hydrogen-bond donors (Lipinski definition) is 1. The van der Waals surface area contributed by atoms with E-state index in [-0.39, 0.29) is 0 Å². The number of aromatic nitrogens is 4. The van der Waals surface area contributed by atoms with Gasteiger partial charge in [-0.2, -0.15) is 0 Å². The SMILES string of the molecule is c1ccc(-n2c3ccc(-c4ccc5[nH]c6ccccc6c5c4)cc3c3cc4ccccc4cc32)cc1.c1ccc(-n2c3ccc(-c4ccc5c(c4)c4ccccc4n5-c4cc5c6c(cccc6c4)-c4ccccc4-5)cc3c3cc4ccccc4cc32)cc1. The highest BCUT2D eigenvalue weighted by molar-refractivity contribution is 6.19. The Kier molecular flexibility index (Phi) is 10.4. The van der Waals surface area contributed by atoms with E-state index in [9.17, 15) is 0 Å². The van der Waals surface area contributed by atoms with E-state index in [4.69, 9.17) is 0 Å². The van der Waals surface area contributed by atoms with Crippen LogP contribution < -0.4 is 0 Å². The zero-order valence-electron chi connectivity index (χ0n) is 47.8. The molecule has 1 aliphatic carbocycles. The van der Waals surface area contributed by atoms with Gasteiger partial charge in [0.25, 0.3) is 0 Å². The molecular formula is C84H52N4. The zero-order valence-corrected chi connectivity index (χ0v) is 47.8. The van der Waals surface area contributed by atoms with Gasteiger partial charge in [0.15, 0.2) is 0 Å². The Balaban J connectivity index is 0.000000137. The second-order valence-corrected chi connectivity index (χ2v) is 23.7. The third-order valence-electron chi connectivity index (χ3n) is 18.9. The lowest BCUT2D eigenvalue weighted by Crippen LogP contribution is -1.95. The van der Waals surface area contributed by atoms with Gasteiger partial charge in [-0.1, -0.05) is 188 Å². The fourth-order valence-electron chi connectivity index (χ4n) is 14.9. The van der Waals surface area contributed by atoms with Crippen molar-refractivity contribution in [1.29, 1.82) is 0 Å². The van der Waals surface area contributed by atoms with E-state index >= 15 is 0 Å². The molecule has 0 amide bonds. The molecule has 4 heterocycles. The van der Waals surface area contributed by atoms with Crippen molar-refractivity contribution in [3.63, 3.8) is 0 Å². The van der Waals surface area contributed by atoms with Crippen LogP contribution in [0.15, 0.2) is 309 Å². The van der Waals surface area contributed by atoms with Crippen LogP contribution >= 0.6 is 0 Å². The van der Waals surface area contributed by atoms with Crippen LogP contribution in [0.3, 0.4) is 0 Å². The number of H-pyrrole nitrogens is 1. The molecule has 20 rings (SSSR count). The Labute approximate surface area is 506 Å². The van der Waals surface area contributed by atoms with Crippen molar-refractivity contribution in [3.8, 4) is 61.6 Å². The molecule has 1 N–H and O–H groups in total. The molecule has 0 spiro atoms. The summed E-state index contributed by atoms with van der Waals surface area (Å²) in [6, 6.07) is 113. The lowest BCUT2D eigenvalue weighted by molar-refractivity contribution is 1.18. The van der Waals surface area contributed by atoms with Crippen molar-refractivity contribution in [3.05, 3.63) is 309 Å². The lowest BCUT2D eigenvalue weighted by Gasteiger charge is -2.12. The summed E-state index contributed by atoms with van der Waals surface area (Å²) in [5, 5.41) is 17.8. The van der Waals surface area contributed by atoms with Gasteiger partial charge in [-0.15, -0.1) is 0 Å². The van der Waals surface area contributed by atoms with Crippen LogP contribution in [0.1, 0.15) is 0 Å². The number of aromatic amines is 1. The quantitative estimate of drug-likeness (QED) is 0.178. The van der Waals surface area contributed by atoms with Crippen molar-refractivity contribution in [1.82, 2.24) is 18.7 Å². The maximum Gasteiger partial charge on any atom is 0.0547 e. The van der Waals surface area contributed by atoms with Crippen LogP contribution in [0.2, 0.25) is 0 Å². The monoisotopic (exact) mass is 1120 g/mol. The summed E-state index contributed by atoms with van der Waals surface area (Å²) in [6.45, 7) is 0. The number of hydrogen-bond acceptors (Lipinski definition) is 0. The van der Waals surface area contributed by atoms with Crippen molar-refractivity contribution in [2.75, 3.05) is 0 Å². The third-order valence-corrected chi connectivity index (χ3v) is 18.9. The summed E-state index contributed by atoms with van der Waals surface area (Å²) in [7, 11) is 0. The first-order chi connectivity index (χ1) is 43.6. The highest BCUT2D eigenvalue weighted by Gasteiger charge is 2.24. The number of fused-ring (bicyclic) bond motifs is 17. The number of nitrogens with one attached hydrogen (secondary N) is 1. The molecular weight excluding hydrogens is 1060 g/mol. The maximum atomic E-state index is 3.55. The van der Waals surface area contributed by atoms with Gasteiger partial charge in [0.2, 0.25) is 0 Å². The largest absolute Gasteiger partial charge is 0.355 e. The normalized spacial score (nSPS) is 12.1. The Morgan fingerprint density at radius 2 is 0.591 bits per heavy atom. The molecule has 0 atom stereocenters. The van der Waals surface area contributed by atoms with E-state index < -0.39 is 0 Å². The van der Waals surface area contributed by atoms with Crippen LogP contribution in [0.5, 0.6) is 0 Å². The zero-order chi connectivity index (χ0) is 57.6. The van der Waals surface area contributed by atoms with E-state index in [0.717, 1.165) is 0 Å². The summed E-state index contributed by atoms with van der Waals surface area (Å²) in [4.78, 5) is 3.55. The third kappa shape index (κ3) is 7.33. The van der Waals surface area contributed by atoms with Crippen molar-refractivity contribution >= 4 is 120 Å². The molecule has 0 bridgehead atoms. The lowest BCUT2D eigenvalue weighted by atomic mass is 10.00. The molecule has 4 heteroatoms. The molecule has 4 aromatic heterocycles. The van der Waals surface area contributed by atoms with Gasteiger partial charge in [-0.05, 0) is 198 Å². The fourth-order valence-corrected chi connectivity index (χ4v) is 14.9. The first kappa shape index (κ1) is 48.6. The Morgan fingerprint density at radius 1 is 0.193 bits per heavy atom. The maximum absolute atomic E-state index is 3.55. The Morgan fingerprint density at radius 3 is 1.18 bits per heavy atom. The second kappa shape index (κ2) is 18.9. The molecule has 0 radical (unpaired) electrons. The van der Waals surface area contributed by atoms with Gasteiger partial charge in [-0.3, -0.25) is 0 Å². The van der Waals surface area contributed by atoms with Crippen molar-refractivity contribution in [2.45, 2.75) is 0 Å². The van der Waals surface area contributed by atoms with Crippen LogP contribution in [-0.2, 0) is 0 Å². The van der Waals surface area contributed by atoms with Gasteiger partial charge in [-0.25, -0.2) is 0 Å².